The van der Waals surface area contributed by atoms with Crippen LogP contribution in [-0.4, -0.2) is 24.5 Å². The molecule has 2 heteroatoms. The number of hydrogen-bond acceptors (Lipinski definition) is 1. The van der Waals surface area contributed by atoms with Crippen LogP contribution in [0.2, 0.25) is 0 Å². The van der Waals surface area contributed by atoms with Crippen LogP contribution in [0.15, 0.2) is 24.3 Å². The highest BCUT2D eigenvalue weighted by Gasteiger charge is 2.05. The third kappa shape index (κ3) is 55.9. The minimum absolute atomic E-state index is 0. The SMILES string of the molecule is Br.CCCCCCCC/C=C\CCCCCCCCN(CCCCCCCC/C=C\CCCCCCCC)CCCCCCCCCCCCCCCCCCCCCC. The monoisotopic (exact) mass is 906 g/mol. The van der Waals surface area contributed by atoms with Crippen LogP contribution in [0.5, 0.6) is 0 Å². The normalized spacial score (nSPS) is 11.9. The first-order valence-corrected chi connectivity index (χ1v) is 28.4. The number of rotatable bonds is 53. The molecule has 0 amide bonds. The molecule has 0 saturated carbocycles. The van der Waals surface area contributed by atoms with Crippen molar-refractivity contribution in [3.8, 4) is 0 Å². The van der Waals surface area contributed by atoms with E-state index in [4.69, 9.17) is 0 Å². The Balaban J connectivity index is 0. The first kappa shape index (κ1) is 62.0. The van der Waals surface area contributed by atoms with Gasteiger partial charge in [0.1, 0.15) is 0 Å². The lowest BCUT2D eigenvalue weighted by Crippen LogP contribution is -2.27. The molecule has 60 heavy (non-hydrogen) atoms. The minimum atomic E-state index is 0. The lowest BCUT2D eigenvalue weighted by Gasteiger charge is -2.22. The third-order valence-corrected chi connectivity index (χ3v) is 13.3. The van der Waals surface area contributed by atoms with E-state index < -0.39 is 0 Å². The number of unbranched alkanes of at least 4 members (excludes halogenated alkanes) is 43. The van der Waals surface area contributed by atoms with Crippen molar-refractivity contribution in [1.29, 1.82) is 0 Å². The average Bonchev–Trinajstić information content (AvgIpc) is 3.25. The summed E-state index contributed by atoms with van der Waals surface area (Å²) < 4.78 is 0. The second kappa shape index (κ2) is 58.9. The van der Waals surface area contributed by atoms with Gasteiger partial charge < -0.3 is 4.90 Å². The van der Waals surface area contributed by atoms with Gasteiger partial charge in [-0.3, -0.25) is 0 Å². The summed E-state index contributed by atoms with van der Waals surface area (Å²) in [4.78, 5) is 2.87. The molecule has 0 bridgehead atoms. The zero-order chi connectivity index (χ0) is 42.5. The van der Waals surface area contributed by atoms with Crippen LogP contribution < -0.4 is 0 Å². The lowest BCUT2D eigenvalue weighted by atomic mass is 10.0. The van der Waals surface area contributed by atoms with Crippen LogP contribution in [0.1, 0.15) is 329 Å². The van der Waals surface area contributed by atoms with Crippen LogP contribution in [0.4, 0.5) is 0 Å². The topological polar surface area (TPSA) is 3.24 Å². The van der Waals surface area contributed by atoms with Gasteiger partial charge in [-0.25, -0.2) is 0 Å². The van der Waals surface area contributed by atoms with Crippen molar-refractivity contribution in [1.82, 2.24) is 4.90 Å². The van der Waals surface area contributed by atoms with E-state index in [-0.39, 0.29) is 17.0 Å². The minimum Gasteiger partial charge on any atom is -0.303 e. The van der Waals surface area contributed by atoms with Gasteiger partial charge in [0.2, 0.25) is 0 Å². The molecule has 1 nitrogen and oxygen atoms in total. The highest BCUT2D eigenvalue weighted by molar-refractivity contribution is 8.93. The summed E-state index contributed by atoms with van der Waals surface area (Å²) in [5.74, 6) is 0. The fourth-order valence-corrected chi connectivity index (χ4v) is 9.09. The van der Waals surface area contributed by atoms with Gasteiger partial charge in [-0.2, -0.15) is 0 Å². The van der Waals surface area contributed by atoms with Crippen LogP contribution in [0, 0.1) is 0 Å². The van der Waals surface area contributed by atoms with Crippen LogP contribution in [-0.2, 0) is 0 Å². The maximum Gasteiger partial charge on any atom is -0.00187 e. The number of halogens is 1. The fraction of sp³-hybridized carbons (Fsp3) is 0.931. The lowest BCUT2D eigenvalue weighted by molar-refractivity contribution is 0.254. The highest BCUT2D eigenvalue weighted by atomic mass is 79.9. The molecule has 0 spiro atoms. The zero-order valence-electron chi connectivity index (χ0n) is 42.2. The van der Waals surface area contributed by atoms with Crippen molar-refractivity contribution in [2.75, 3.05) is 19.6 Å². The summed E-state index contributed by atoms with van der Waals surface area (Å²) in [6.45, 7) is 11.0. The number of hydrogen-bond donors (Lipinski definition) is 0. The molecule has 0 radical (unpaired) electrons. The molecule has 0 saturated heterocycles. The molecule has 0 heterocycles. The highest BCUT2D eigenvalue weighted by Crippen LogP contribution is 2.17. The van der Waals surface area contributed by atoms with Gasteiger partial charge in [-0.05, 0) is 90.3 Å². The Morgan fingerprint density at radius 1 is 0.200 bits per heavy atom. The molecule has 0 unspecified atom stereocenters. The molecule has 0 aromatic heterocycles. The average molecular weight is 907 g/mol. The van der Waals surface area contributed by atoms with Crippen LogP contribution >= 0.6 is 17.0 Å². The van der Waals surface area contributed by atoms with Crippen LogP contribution in [0.3, 0.4) is 0 Å². The Morgan fingerprint density at radius 3 is 0.533 bits per heavy atom. The van der Waals surface area contributed by atoms with E-state index in [1.165, 1.54) is 328 Å². The van der Waals surface area contributed by atoms with Crippen molar-refractivity contribution in [2.24, 2.45) is 0 Å². The van der Waals surface area contributed by atoms with E-state index in [2.05, 4.69) is 50.0 Å². The van der Waals surface area contributed by atoms with E-state index in [0.717, 1.165) is 0 Å². The summed E-state index contributed by atoms with van der Waals surface area (Å²) in [6.07, 6.45) is 78.6. The first-order chi connectivity index (χ1) is 29.3. The smallest absolute Gasteiger partial charge is 0.00187 e. The summed E-state index contributed by atoms with van der Waals surface area (Å²) in [5, 5.41) is 0. The quantitative estimate of drug-likeness (QED) is 0.0434. The maximum absolute atomic E-state index is 2.87. The molecule has 360 valence electrons. The van der Waals surface area contributed by atoms with E-state index in [0.29, 0.717) is 0 Å². The molecule has 0 N–H and O–H groups in total. The third-order valence-electron chi connectivity index (χ3n) is 13.3. The second-order valence-corrected chi connectivity index (χ2v) is 19.4. The molecule has 0 aliphatic carbocycles. The van der Waals surface area contributed by atoms with Gasteiger partial charge in [0.15, 0.2) is 0 Å². The molecule has 0 atom stereocenters. The Labute approximate surface area is 392 Å². The molecule has 0 aromatic rings. The standard InChI is InChI=1S/C58H115N.BrH/c1-4-7-10-13-16-19-22-25-28-31-32-33-34-37-40-43-46-49-52-55-58-59(56-53-50-47-44-41-38-35-29-26-23-20-17-14-11-8-5-2)57-54-51-48-45-42-39-36-30-27-24-21-18-15-12-9-6-3;/h26-27,29-30H,4-25,28,31-58H2,1-3H3;1H/b29-26-,30-27-;. The van der Waals surface area contributed by atoms with Gasteiger partial charge in [0, 0.05) is 0 Å². The molecular formula is C58H116BrN. The molecule has 0 aromatic carbocycles. The molecule has 0 rings (SSSR count). The molecule has 0 aliphatic rings. The van der Waals surface area contributed by atoms with Gasteiger partial charge >= 0.3 is 0 Å². The Hall–Kier alpha value is -0.0800. The molecule has 0 aliphatic heterocycles. The van der Waals surface area contributed by atoms with Gasteiger partial charge in [-0.1, -0.05) is 283 Å². The largest absolute Gasteiger partial charge is 0.303 e. The summed E-state index contributed by atoms with van der Waals surface area (Å²) in [7, 11) is 0. The predicted molar refractivity (Wildman–Crippen MR) is 284 cm³/mol. The van der Waals surface area contributed by atoms with Gasteiger partial charge in [-0.15, -0.1) is 17.0 Å². The number of nitrogens with zero attached hydrogens (tertiary/aromatic N) is 1. The van der Waals surface area contributed by atoms with Crippen molar-refractivity contribution in [3.63, 3.8) is 0 Å². The second-order valence-electron chi connectivity index (χ2n) is 19.4. The summed E-state index contributed by atoms with van der Waals surface area (Å²) >= 11 is 0. The Bertz CT molecular complexity index is 733. The van der Waals surface area contributed by atoms with Crippen LogP contribution in [0.25, 0.3) is 0 Å². The predicted octanol–water partition coefficient (Wildman–Crippen LogP) is 21.8. The number of allylic oxidation sites excluding steroid dienone is 4. The Morgan fingerprint density at radius 2 is 0.350 bits per heavy atom. The summed E-state index contributed by atoms with van der Waals surface area (Å²) in [5.41, 5.74) is 0. The molecular weight excluding hydrogens is 791 g/mol. The van der Waals surface area contributed by atoms with Crippen molar-refractivity contribution in [3.05, 3.63) is 24.3 Å². The Kier molecular flexibility index (Phi) is 60.9. The van der Waals surface area contributed by atoms with Gasteiger partial charge in [0.05, 0.1) is 0 Å². The van der Waals surface area contributed by atoms with E-state index in [9.17, 15) is 0 Å². The van der Waals surface area contributed by atoms with E-state index in [1.807, 2.05) is 0 Å². The van der Waals surface area contributed by atoms with Gasteiger partial charge in [0.25, 0.3) is 0 Å². The van der Waals surface area contributed by atoms with E-state index in [1.54, 1.807) is 0 Å². The summed E-state index contributed by atoms with van der Waals surface area (Å²) in [6, 6.07) is 0. The van der Waals surface area contributed by atoms with Crippen molar-refractivity contribution in [2.45, 2.75) is 329 Å². The van der Waals surface area contributed by atoms with Crippen molar-refractivity contribution < 1.29 is 0 Å². The zero-order valence-corrected chi connectivity index (χ0v) is 43.9. The first-order valence-electron chi connectivity index (χ1n) is 28.4. The molecule has 0 fully saturated rings. The van der Waals surface area contributed by atoms with E-state index >= 15 is 0 Å². The fourth-order valence-electron chi connectivity index (χ4n) is 9.09. The van der Waals surface area contributed by atoms with Crippen molar-refractivity contribution >= 4 is 17.0 Å². The maximum atomic E-state index is 2.87.